The smallest absolute Gasteiger partial charge is 0.200 e. The van der Waals surface area contributed by atoms with Crippen LogP contribution in [0.2, 0.25) is 0 Å². The molecule has 0 spiro atoms. The van der Waals surface area contributed by atoms with Crippen molar-refractivity contribution < 1.29 is 18.7 Å². The second kappa shape index (κ2) is 4.80. The molecule has 1 aromatic carbocycles. The van der Waals surface area contributed by atoms with Crippen LogP contribution in [-0.4, -0.2) is 17.6 Å². The lowest BCUT2D eigenvalue weighted by molar-refractivity contribution is 0.225. The first kappa shape index (κ1) is 12.6. The Kier molecular flexibility index (Phi) is 3.36. The molecule has 0 aliphatic heterocycles. The first-order valence-electron chi connectivity index (χ1n) is 5.59. The number of benzene rings is 1. The van der Waals surface area contributed by atoms with Gasteiger partial charge in [-0.05, 0) is 25.0 Å². The fraction of sp³-hybridized carbons (Fsp3) is 0.417. The van der Waals surface area contributed by atoms with Crippen LogP contribution in [0.25, 0.3) is 0 Å². The molecule has 1 aromatic rings. The normalized spacial score (nSPS) is 17.6. The number of nitrogens with zero attached hydrogens (tertiary/aromatic N) is 1. The lowest BCUT2D eigenvalue weighted by Crippen LogP contribution is -2.23. The Morgan fingerprint density at radius 1 is 1.44 bits per heavy atom. The van der Waals surface area contributed by atoms with Crippen molar-refractivity contribution in [3.63, 3.8) is 0 Å². The number of amidine groups is 1. The molecule has 4 nitrogen and oxygen atoms in total. The first-order valence-corrected chi connectivity index (χ1v) is 5.59. The Morgan fingerprint density at radius 3 is 2.78 bits per heavy atom. The quantitative estimate of drug-likeness (QED) is 0.367. The van der Waals surface area contributed by atoms with Crippen LogP contribution in [0.15, 0.2) is 23.4 Å². The van der Waals surface area contributed by atoms with E-state index in [9.17, 15) is 8.78 Å². The van der Waals surface area contributed by atoms with E-state index in [2.05, 4.69) is 5.16 Å². The molecule has 98 valence electrons. The maximum atomic E-state index is 13.3. The molecular weight excluding hydrogens is 242 g/mol. The molecule has 0 unspecified atom stereocenters. The fourth-order valence-electron chi connectivity index (χ4n) is 1.79. The highest BCUT2D eigenvalue weighted by Crippen LogP contribution is 2.49. The van der Waals surface area contributed by atoms with Crippen LogP contribution < -0.4 is 10.5 Å². The van der Waals surface area contributed by atoms with Crippen molar-refractivity contribution in [2.75, 3.05) is 6.61 Å². The maximum absolute atomic E-state index is 13.3. The van der Waals surface area contributed by atoms with E-state index in [0.29, 0.717) is 6.42 Å². The van der Waals surface area contributed by atoms with Crippen molar-refractivity contribution in [2.24, 2.45) is 16.3 Å². The highest BCUT2D eigenvalue weighted by molar-refractivity contribution is 5.80. The van der Waals surface area contributed by atoms with Crippen LogP contribution >= 0.6 is 0 Å². The van der Waals surface area contributed by atoms with E-state index in [0.717, 1.165) is 18.9 Å². The standard InChI is InChI=1S/C12H14F2N2O2/c13-8-2-1-3-9(11(8)14)18-7-12(4-5-12)6-10(15)16-17/h1-3,17H,4-7H2,(H2,15,16). The van der Waals surface area contributed by atoms with E-state index < -0.39 is 11.6 Å². The molecule has 18 heavy (non-hydrogen) atoms. The lowest BCUT2D eigenvalue weighted by Gasteiger charge is -2.15. The second-order valence-corrected chi connectivity index (χ2v) is 4.61. The summed E-state index contributed by atoms with van der Waals surface area (Å²) in [5, 5.41) is 11.4. The monoisotopic (exact) mass is 256 g/mol. The molecule has 0 saturated heterocycles. The largest absolute Gasteiger partial charge is 0.490 e. The summed E-state index contributed by atoms with van der Waals surface area (Å²) in [7, 11) is 0. The predicted octanol–water partition coefficient (Wildman–Crippen LogP) is 2.26. The van der Waals surface area contributed by atoms with Gasteiger partial charge in [-0.2, -0.15) is 4.39 Å². The van der Waals surface area contributed by atoms with Gasteiger partial charge in [0.2, 0.25) is 5.82 Å². The van der Waals surface area contributed by atoms with Crippen LogP contribution in [0.1, 0.15) is 19.3 Å². The van der Waals surface area contributed by atoms with E-state index in [1.807, 2.05) is 0 Å². The molecule has 0 heterocycles. The van der Waals surface area contributed by atoms with Crippen LogP contribution in [-0.2, 0) is 0 Å². The molecule has 1 fully saturated rings. The fourth-order valence-corrected chi connectivity index (χ4v) is 1.79. The van der Waals surface area contributed by atoms with Crippen LogP contribution in [0, 0.1) is 17.0 Å². The van der Waals surface area contributed by atoms with Gasteiger partial charge in [-0.15, -0.1) is 0 Å². The van der Waals surface area contributed by atoms with E-state index in [1.165, 1.54) is 12.1 Å². The van der Waals surface area contributed by atoms with Crippen LogP contribution in [0.4, 0.5) is 8.78 Å². The first-order chi connectivity index (χ1) is 8.56. The molecule has 0 radical (unpaired) electrons. The van der Waals surface area contributed by atoms with Gasteiger partial charge in [0.15, 0.2) is 11.6 Å². The van der Waals surface area contributed by atoms with Gasteiger partial charge < -0.3 is 15.7 Å². The number of ether oxygens (including phenoxy) is 1. The number of hydrogen-bond acceptors (Lipinski definition) is 3. The second-order valence-electron chi connectivity index (χ2n) is 4.61. The van der Waals surface area contributed by atoms with Crippen molar-refractivity contribution in [3.8, 4) is 5.75 Å². The lowest BCUT2D eigenvalue weighted by atomic mass is 10.0. The van der Waals surface area contributed by atoms with Crippen molar-refractivity contribution in [1.29, 1.82) is 0 Å². The zero-order valence-corrected chi connectivity index (χ0v) is 9.70. The molecule has 1 aliphatic carbocycles. The molecule has 3 N–H and O–H groups in total. The number of oxime groups is 1. The summed E-state index contributed by atoms with van der Waals surface area (Å²) in [6.45, 7) is 0.226. The van der Waals surface area contributed by atoms with E-state index in [4.69, 9.17) is 15.7 Å². The molecule has 1 saturated carbocycles. The molecule has 1 aliphatic rings. The molecule has 0 atom stereocenters. The van der Waals surface area contributed by atoms with Crippen molar-refractivity contribution >= 4 is 5.84 Å². The molecule has 6 heteroatoms. The molecule has 0 aromatic heterocycles. The summed E-state index contributed by atoms with van der Waals surface area (Å²) < 4.78 is 31.6. The number of hydrogen-bond donors (Lipinski definition) is 2. The molecule has 0 bridgehead atoms. The Bertz CT molecular complexity index is 473. The third-order valence-corrected chi connectivity index (χ3v) is 3.09. The summed E-state index contributed by atoms with van der Waals surface area (Å²) in [5.41, 5.74) is 5.22. The average Bonchev–Trinajstić information content (AvgIpc) is 3.11. The van der Waals surface area contributed by atoms with Gasteiger partial charge in [0.1, 0.15) is 5.84 Å². The highest BCUT2D eigenvalue weighted by Gasteiger charge is 2.44. The minimum absolute atomic E-state index is 0.110. The Labute approximate surface area is 103 Å². The summed E-state index contributed by atoms with van der Waals surface area (Å²) in [4.78, 5) is 0. The van der Waals surface area contributed by atoms with Crippen molar-refractivity contribution in [2.45, 2.75) is 19.3 Å². The predicted molar refractivity (Wildman–Crippen MR) is 61.5 cm³/mol. The van der Waals surface area contributed by atoms with Gasteiger partial charge >= 0.3 is 0 Å². The minimum Gasteiger partial charge on any atom is -0.490 e. The molecule has 0 amide bonds. The molecule has 2 rings (SSSR count). The Hall–Kier alpha value is -1.85. The minimum atomic E-state index is -0.989. The Morgan fingerprint density at radius 2 is 2.17 bits per heavy atom. The van der Waals surface area contributed by atoms with Gasteiger partial charge in [0.25, 0.3) is 0 Å². The highest BCUT2D eigenvalue weighted by atomic mass is 19.2. The van der Waals surface area contributed by atoms with Crippen molar-refractivity contribution in [1.82, 2.24) is 0 Å². The summed E-state index contributed by atoms with van der Waals surface area (Å²) in [5.74, 6) is -1.91. The maximum Gasteiger partial charge on any atom is 0.200 e. The van der Waals surface area contributed by atoms with Gasteiger partial charge in [0.05, 0.1) is 6.61 Å². The summed E-state index contributed by atoms with van der Waals surface area (Å²) in [6.07, 6.45) is 2.11. The van der Waals surface area contributed by atoms with E-state index in [1.54, 1.807) is 0 Å². The third-order valence-electron chi connectivity index (χ3n) is 3.09. The number of nitrogens with two attached hydrogens (primary N) is 1. The van der Waals surface area contributed by atoms with Gasteiger partial charge in [-0.1, -0.05) is 11.2 Å². The third kappa shape index (κ3) is 2.69. The number of rotatable bonds is 5. The summed E-state index contributed by atoms with van der Waals surface area (Å²) >= 11 is 0. The van der Waals surface area contributed by atoms with E-state index in [-0.39, 0.29) is 23.6 Å². The van der Waals surface area contributed by atoms with E-state index >= 15 is 0 Å². The molecular formula is C12H14F2N2O2. The van der Waals surface area contributed by atoms with Gasteiger partial charge in [-0.25, -0.2) is 4.39 Å². The average molecular weight is 256 g/mol. The van der Waals surface area contributed by atoms with Crippen LogP contribution in [0.5, 0.6) is 5.75 Å². The van der Waals surface area contributed by atoms with Gasteiger partial charge in [-0.3, -0.25) is 0 Å². The van der Waals surface area contributed by atoms with Crippen molar-refractivity contribution in [3.05, 3.63) is 29.8 Å². The topological polar surface area (TPSA) is 67.8 Å². The Balaban J connectivity index is 1.98. The summed E-state index contributed by atoms with van der Waals surface area (Å²) in [6, 6.07) is 3.79. The van der Waals surface area contributed by atoms with Gasteiger partial charge in [0, 0.05) is 11.8 Å². The SMILES string of the molecule is NC(CC1(COc2cccc(F)c2F)CC1)=NO. The number of halogens is 2. The zero-order chi connectivity index (χ0) is 13.2. The van der Waals surface area contributed by atoms with Crippen LogP contribution in [0.3, 0.4) is 0 Å². The zero-order valence-electron chi connectivity index (χ0n) is 9.70.